The second-order valence-electron chi connectivity index (χ2n) is 3.34. The number of aromatic amines is 1. The van der Waals surface area contributed by atoms with Crippen molar-refractivity contribution in [2.24, 2.45) is 0 Å². The molecule has 0 saturated heterocycles. The number of aromatic nitrogens is 3. The van der Waals surface area contributed by atoms with E-state index < -0.39 is 0 Å². The van der Waals surface area contributed by atoms with Crippen LogP contribution in [0, 0.1) is 0 Å². The average molecular weight is 216 g/mol. The topological polar surface area (TPSA) is 70.7 Å². The minimum Gasteiger partial charge on any atom is -0.368 e. The molecular formula is C11H12N4O. The molecule has 2 aromatic heterocycles. The fraction of sp³-hybridized carbons (Fsp3) is 0.182. The van der Waals surface area contributed by atoms with Gasteiger partial charge in [0, 0.05) is 25.0 Å². The predicted octanol–water partition coefficient (Wildman–Crippen LogP) is 0.819. The summed E-state index contributed by atoms with van der Waals surface area (Å²) in [4.78, 5) is 14.8. The van der Waals surface area contributed by atoms with Gasteiger partial charge in [-0.25, -0.2) is 5.10 Å². The summed E-state index contributed by atoms with van der Waals surface area (Å²) in [6.07, 6.45) is 4.46. The zero-order chi connectivity index (χ0) is 11.2. The molecule has 16 heavy (non-hydrogen) atoms. The number of anilines is 1. The van der Waals surface area contributed by atoms with Crippen molar-refractivity contribution in [3.05, 3.63) is 52.6 Å². The molecule has 0 aliphatic carbocycles. The highest BCUT2D eigenvalue weighted by Crippen LogP contribution is 1.99. The second-order valence-corrected chi connectivity index (χ2v) is 3.34. The summed E-state index contributed by atoms with van der Waals surface area (Å²) in [5.74, 6) is 0.670. The minimum absolute atomic E-state index is 0.196. The van der Waals surface area contributed by atoms with Gasteiger partial charge in [-0.3, -0.25) is 9.78 Å². The molecule has 0 aliphatic rings. The van der Waals surface area contributed by atoms with Gasteiger partial charge < -0.3 is 5.32 Å². The molecule has 5 heteroatoms. The van der Waals surface area contributed by atoms with Gasteiger partial charge in [0.1, 0.15) is 5.82 Å². The van der Waals surface area contributed by atoms with Crippen molar-refractivity contribution >= 4 is 5.82 Å². The zero-order valence-electron chi connectivity index (χ0n) is 8.68. The summed E-state index contributed by atoms with van der Waals surface area (Å²) in [7, 11) is 0. The molecule has 2 heterocycles. The molecule has 0 aliphatic heterocycles. The van der Waals surface area contributed by atoms with E-state index in [-0.39, 0.29) is 5.56 Å². The highest BCUT2D eigenvalue weighted by molar-refractivity contribution is 5.31. The summed E-state index contributed by atoms with van der Waals surface area (Å²) < 4.78 is 0. The quantitative estimate of drug-likeness (QED) is 0.793. The Hall–Kier alpha value is -2.17. The van der Waals surface area contributed by atoms with E-state index >= 15 is 0 Å². The molecule has 0 saturated carbocycles. The normalized spacial score (nSPS) is 10.0. The summed E-state index contributed by atoms with van der Waals surface area (Å²) in [5.41, 5.74) is 0.970. The van der Waals surface area contributed by atoms with Gasteiger partial charge in [0.15, 0.2) is 0 Å². The van der Waals surface area contributed by atoms with Crippen molar-refractivity contribution < 1.29 is 0 Å². The Bertz CT molecular complexity index is 474. The summed E-state index contributed by atoms with van der Waals surface area (Å²) in [6.45, 7) is 0.755. The average Bonchev–Trinajstić information content (AvgIpc) is 2.33. The smallest absolute Gasteiger partial charge is 0.264 e. The van der Waals surface area contributed by atoms with Crippen LogP contribution in [0.15, 0.2) is 41.5 Å². The van der Waals surface area contributed by atoms with Crippen LogP contribution < -0.4 is 10.9 Å². The van der Waals surface area contributed by atoms with Gasteiger partial charge in [-0.05, 0) is 24.1 Å². The molecule has 2 N–H and O–H groups in total. The van der Waals surface area contributed by atoms with E-state index in [9.17, 15) is 4.79 Å². The largest absolute Gasteiger partial charge is 0.368 e. The zero-order valence-corrected chi connectivity index (χ0v) is 8.68. The fourth-order valence-electron chi connectivity index (χ4n) is 1.32. The summed E-state index contributed by atoms with van der Waals surface area (Å²) in [6, 6.07) is 7.03. The van der Waals surface area contributed by atoms with E-state index in [1.54, 1.807) is 12.3 Å². The molecule has 0 unspecified atom stereocenters. The predicted molar refractivity (Wildman–Crippen MR) is 61.3 cm³/mol. The Kier molecular flexibility index (Phi) is 3.28. The lowest BCUT2D eigenvalue weighted by molar-refractivity contribution is 0.944. The van der Waals surface area contributed by atoms with Crippen molar-refractivity contribution in [2.75, 3.05) is 11.9 Å². The first-order chi connectivity index (χ1) is 7.84. The van der Waals surface area contributed by atoms with Gasteiger partial charge in [-0.15, -0.1) is 0 Å². The van der Waals surface area contributed by atoms with Gasteiger partial charge in [-0.2, -0.15) is 5.10 Å². The molecule has 5 nitrogen and oxygen atoms in total. The fourth-order valence-corrected chi connectivity index (χ4v) is 1.32. The van der Waals surface area contributed by atoms with Crippen LogP contribution in [-0.4, -0.2) is 21.7 Å². The van der Waals surface area contributed by atoms with Crippen LogP contribution in [0.4, 0.5) is 5.82 Å². The lowest BCUT2D eigenvalue weighted by atomic mass is 10.2. The monoisotopic (exact) mass is 216 g/mol. The van der Waals surface area contributed by atoms with E-state index in [0.29, 0.717) is 5.82 Å². The molecule has 2 rings (SSSR count). The van der Waals surface area contributed by atoms with E-state index in [4.69, 9.17) is 0 Å². The van der Waals surface area contributed by atoms with Crippen LogP contribution in [0.25, 0.3) is 0 Å². The molecule has 2 aromatic rings. The molecule has 0 atom stereocenters. The third-order valence-electron chi connectivity index (χ3n) is 2.12. The molecule has 0 amide bonds. The van der Waals surface area contributed by atoms with Crippen LogP contribution in [0.1, 0.15) is 5.56 Å². The van der Waals surface area contributed by atoms with Crippen molar-refractivity contribution in [2.45, 2.75) is 6.42 Å². The highest BCUT2D eigenvalue weighted by atomic mass is 16.1. The maximum absolute atomic E-state index is 10.8. The van der Waals surface area contributed by atoms with Crippen LogP contribution in [0.5, 0.6) is 0 Å². The lowest BCUT2D eigenvalue weighted by Gasteiger charge is -2.03. The van der Waals surface area contributed by atoms with Crippen molar-refractivity contribution in [3.8, 4) is 0 Å². The molecule has 0 spiro atoms. The number of pyridine rings is 1. The third-order valence-corrected chi connectivity index (χ3v) is 2.12. The second kappa shape index (κ2) is 5.06. The van der Waals surface area contributed by atoms with Gasteiger partial charge in [0.25, 0.3) is 5.56 Å². The number of rotatable bonds is 4. The maximum atomic E-state index is 10.8. The Labute approximate surface area is 92.6 Å². The van der Waals surface area contributed by atoms with E-state index in [1.807, 2.05) is 18.3 Å². The highest BCUT2D eigenvalue weighted by Gasteiger charge is 1.94. The van der Waals surface area contributed by atoms with Gasteiger partial charge in [-0.1, -0.05) is 6.07 Å². The molecule has 82 valence electrons. The molecule has 0 aromatic carbocycles. The van der Waals surface area contributed by atoms with Gasteiger partial charge >= 0.3 is 0 Å². The van der Waals surface area contributed by atoms with Crippen LogP contribution >= 0.6 is 0 Å². The number of H-pyrrole nitrogens is 1. The number of nitrogens with zero attached hydrogens (tertiary/aromatic N) is 2. The Balaban J connectivity index is 1.84. The van der Waals surface area contributed by atoms with Crippen molar-refractivity contribution in [1.29, 1.82) is 0 Å². The summed E-state index contributed by atoms with van der Waals surface area (Å²) >= 11 is 0. The standard InChI is InChI=1S/C11H12N4O/c16-11-4-3-10(14-15-11)13-7-5-9-2-1-6-12-8-9/h1-4,6,8H,5,7H2,(H,13,14)(H,15,16). The Morgan fingerprint density at radius 3 is 2.94 bits per heavy atom. The van der Waals surface area contributed by atoms with E-state index in [1.165, 1.54) is 11.6 Å². The van der Waals surface area contributed by atoms with Crippen LogP contribution in [0.2, 0.25) is 0 Å². The van der Waals surface area contributed by atoms with Crippen molar-refractivity contribution in [1.82, 2.24) is 15.2 Å². The lowest BCUT2D eigenvalue weighted by Crippen LogP contribution is -2.11. The molecular weight excluding hydrogens is 204 g/mol. The number of hydrogen-bond acceptors (Lipinski definition) is 4. The van der Waals surface area contributed by atoms with Crippen LogP contribution in [0.3, 0.4) is 0 Å². The number of hydrogen-bond donors (Lipinski definition) is 2. The van der Waals surface area contributed by atoms with E-state index in [2.05, 4.69) is 20.5 Å². The van der Waals surface area contributed by atoms with Crippen molar-refractivity contribution in [3.63, 3.8) is 0 Å². The first kappa shape index (κ1) is 10.4. The maximum Gasteiger partial charge on any atom is 0.264 e. The van der Waals surface area contributed by atoms with E-state index in [0.717, 1.165) is 13.0 Å². The van der Waals surface area contributed by atoms with Crippen LogP contribution in [-0.2, 0) is 6.42 Å². The first-order valence-corrected chi connectivity index (χ1v) is 5.03. The third kappa shape index (κ3) is 2.91. The number of nitrogens with one attached hydrogen (secondary N) is 2. The first-order valence-electron chi connectivity index (χ1n) is 5.03. The van der Waals surface area contributed by atoms with Gasteiger partial charge in [0.2, 0.25) is 0 Å². The summed E-state index contributed by atoms with van der Waals surface area (Å²) in [5, 5.41) is 9.32. The Morgan fingerprint density at radius 1 is 1.31 bits per heavy atom. The van der Waals surface area contributed by atoms with Gasteiger partial charge in [0.05, 0.1) is 0 Å². The molecule has 0 bridgehead atoms. The molecule has 0 radical (unpaired) electrons. The SMILES string of the molecule is O=c1ccc(NCCc2cccnc2)n[nH]1. The molecule has 0 fully saturated rings. The minimum atomic E-state index is -0.196. The Morgan fingerprint density at radius 2 is 2.25 bits per heavy atom.